The molecule has 0 bridgehead atoms. The van der Waals surface area contributed by atoms with E-state index >= 15 is 0 Å². The summed E-state index contributed by atoms with van der Waals surface area (Å²) in [6.07, 6.45) is 0. The molecule has 8 heteroatoms. The van der Waals surface area contributed by atoms with Crippen LogP contribution in [0.3, 0.4) is 0 Å². The van der Waals surface area contributed by atoms with Gasteiger partial charge in [-0.25, -0.2) is 0 Å². The molecular weight excluding hydrogens is 470 g/mol. The van der Waals surface area contributed by atoms with E-state index in [1.54, 1.807) is 29.2 Å². The molecule has 3 amide bonds. The molecule has 3 aromatic rings. The van der Waals surface area contributed by atoms with Gasteiger partial charge in [0.25, 0.3) is 5.91 Å². The van der Waals surface area contributed by atoms with Crippen LogP contribution in [0.15, 0.2) is 72.8 Å². The van der Waals surface area contributed by atoms with E-state index in [0.717, 1.165) is 11.1 Å². The predicted molar refractivity (Wildman–Crippen MR) is 135 cm³/mol. The number of carbonyl (C=O) groups is 3. The van der Waals surface area contributed by atoms with Crippen molar-refractivity contribution in [2.45, 2.75) is 18.3 Å². The van der Waals surface area contributed by atoms with Gasteiger partial charge < -0.3 is 5.32 Å². The molecule has 0 radical (unpaired) electrons. The lowest BCUT2D eigenvalue weighted by atomic mass is 10.0. The average molecular weight is 492 g/mol. The van der Waals surface area contributed by atoms with E-state index in [-0.39, 0.29) is 30.0 Å². The SMILES string of the molecule is Cc1ccc(CNC(=O)CN2C(=O)[C@@]3(SCC(=O)N3c3ccc(Cl)cc3)c3ccccc32)cc1. The van der Waals surface area contributed by atoms with Crippen molar-refractivity contribution in [2.75, 3.05) is 22.1 Å². The molecule has 2 aliphatic heterocycles. The van der Waals surface area contributed by atoms with Crippen molar-refractivity contribution in [3.8, 4) is 0 Å². The van der Waals surface area contributed by atoms with Gasteiger partial charge >= 0.3 is 0 Å². The summed E-state index contributed by atoms with van der Waals surface area (Å²) >= 11 is 7.33. The van der Waals surface area contributed by atoms with Crippen molar-refractivity contribution in [3.05, 3.63) is 94.5 Å². The first-order chi connectivity index (χ1) is 16.4. The van der Waals surface area contributed by atoms with Gasteiger partial charge in [0.05, 0.1) is 11.4 Å². The number of amides is 3. The third kappa shape index (κ3) is 3.75. The van der Waals surface area contributed by atoms with Gasteiger partial charge in [-0.2, -0.15) is 0 Å². The van der Waals surface area contributed by atoms with Crippen LogP contribution in [-0.2, 0) is 25.8 Å². The summed E-state index contributed by atoms with van der Waals surface area (Å²) in [5.74, 6) is -0.574. The van der Waals surface area contributed by atoms with E-state index in [9.17, 15) is 14.4 Å². The number of anilines is 2. The Morgan fingerprint density at radius 2 is 1.74 bits per heavy atom. The lowest BCUT2D eigenvalue weighted by molar-refractivity contribution is -0.125. The molecule has 0 aliphatic carbocycles. The minimum Gasteiger partial charge on any atom is -0.350 e. The van der Waals surface area contributed by atoms with Crippen molar-refractivity contribution >= 4 is 52.5 Å². The summed E-state index contributed by atoms with van der Waals surface area (Å²) in [7, 11) is 0. The minimum atomic E-state index is -1.25. The summed E-state index contributed by atoms with van der Waals surface area (Å²) in [6, 6.07) is 22.1. The summed E-state index contributed by atoms with van der Waals surface area (Å²) in [5.41, 5.74) is 4.06. The number of halogens is 1. The van der Waals surface area contributed by atoms with Gasteiger partial charge in [0, 0.05) is 22.8 Å². The molecule has 172 valence electrons. The van der Waals surface area contributed by atoms with Gasteiger partial charge in [0.2, 0.25) is 16.7 Å². The van der Waals surface area contributed by atoms with E-state index in [0.29, 0.717) is 28.5 Å². The van der Waals surface area contributed by atoms with E-state index in [2.05, 4.69) is 5.32 Å². The number of para-hydroxylation sites is 1. The number of fused-ring (bicyclic) bond motifs is 2. The van der Waals surface area contributed by atoms with E-state index in [4.69, 9.17) is 11.6 Å². The third-order valence-corrected chi connectivity index (χ3v) is 7.70. The number of hydrogen-bond donors (Lipinski definition) is 1. The highest BCUT2D eigenvalue weighted by atomic mass is 35.5. The smallest absolute Gasteiger partial charge is 0.269 e. The molecule has 0 saturated carbocycles. The second-order valence-corrected chi connectivity index (χ2v) is 9.91. The number of rotatable bonds is 5. The van der Waals surface area contributed by atoms with Crippen molar-refractivity contribution in [2.24, 2.45) is 0 Å². The molecule has 0 unspecified atom stereocenters. The molecule has 1 N–H and O–H groups in total. The molecule has 3 aromatic carbocycles. The normalized spacial score (nSPS) is 19.1. The topological polar surface area (TPSA) is 69.7 Å². The van der Waals surface area contributed by atoms with Gasteiger partial charge in [0.1, 0.15) is 6.54 Å². The Kier molecular flexibility index (Phi) is 5.83. The molecule has 1 atom stereocenters. The predicted octanol–water partition coefficient (Wildman–Crippen LogP) is 4.24. The number of carbonyl (C=O) groups excluding carboxylic acids is 3. The zero-order valence-corrected chi connectivity index (χ0v) is 20.0. The molecular formula is C26H22ClN3O3S. The Morgan fingerprint density at radius 1 is 1.03 bits per heavy atom. The van der Waals surface area contributed by atoms with Crippen molar-refractivity contribution in [1.82, 2.24) is 5.32 Å². The highest BCUT2D eigenvalue weighted by molar-refractivity contribution is 8.02. The number of benzene rings is 3. The Bertz CT molecular complexity index is 1280. The molecule has 0 aromatic heterocycles. The lowest BCUT2D eigenvalue weighted by Gasteiger charge is -2.33. The molecule has 5 rings (SSSR count). The Hall–Kier alpha value is -3.29. The Labute approximate surface area is 206 Å². The van der Waals surface area contributed by atoms with Gasteiger partial charge in [0.15, 0.2) is 0 Å². The summed E-state index contributed by atoms with van der Waals surface area (Å²) in [6.45, 7) is 2.25. The second kappa shape index (κ2) is 8.81. The number of aryl methyl sites for hydroxylation is 1. The Morgan fingerprint density at radius 3 is 2.47 bits per heavy atom. The summed E-state index contributed by atoms with van der Waals surface area (Å²) in [5, 5.41) is 3.44. The first-order valence-electron chi connectivity index (χ1n) is 10.9. The average Bonchev–Trinajstić information content (AvgIpc) is 3.30. The molecule has 2 heterocycles. The Balaban J connectivity index is 1.44. The maximum Gasteiger partial charge on any atom is 0.269 e. The first kappa shape index (κ1) is 22.5. The van der Waals surface area contributed by atoms with Gasteiger partial charge in [-0.05, 0) is 42.8 Å². The standard InChI is InChI=1S/C26H22ClN3O3S/c1-17-6-8-18(9-7-17)14-28-23(31)15-29-22-5-3-2-4-21(22)26(25(29)33)30(24(32)16-34-26)20-12-10-19(27)11-13-20/h2-13H,14-16H2,1H3,(H,28,31)/t26-/m0/s1. The van der Waals surface area contributed by atoms with Crippen LogP contribution < -0.4 is 15.1 Å². The van der Waals surface area contributed by atoms with Crippen LogP contribution in [0, 0.1) is 6.92 Å². The third-order valence-electron chi connectivity index (χ3n) is 6.06. The van der Waals surface area contributed by atoms with Crippen LogP contribution in [-0.4, -0.2) is 30.0 Å². The van der Waals surface area contributed by atoms with Crippen molar-refractivity contribution in [3.63, 3.8) is 0 Å². The maximum absolute atomic E-state index is 13.9. The lowest BCUT2D eigenvalue weighted by Crippen LogP contribution is -2.51. The monoisotopic (exact) mass is 491 g/mol. The highest BCUT2D eigenvalue weighted by Crippen LogP contribution is 2.55. The van der Waals surface area contributed by atoms with Gasteiger partial charge in [-0.15, -0.1) is 11.8 Å². The van der Waals surface area contributed by atoms with Crippen molar-refractivity contribution in [1.29, 1.82) is 0 Å². The van der Waals surface area contributed by atoms with Crippen LogP contribution in [0.2, 0.25) is 5.02 Å². The number of nitrogens with zero attached hydrogens (tertiary/aromatic N) is 2. The molecule has 6 nitrogen and oxygen atoms in total. The highest BCUT2D eigenvalue weighted by Gasteiger charge is 2.61. The van der Waals surface area contributed by atoms with Crippen LogP contribution in [0.4, 0.5) is 11.4 Å². The van der Waals surface area contributed by atoms with Crippen LogP contribution >= 0.6 is 23.4 Å². The van der Waals surface area contributed by atoms with E-state index in [1.807, 2.05) is 55.5 Å². The van der Waals surface area contributed by atoms with Crippen LogP contribution in [0.25, 0.3) is 0 Å². The van der Waals surface area contributed by atoms with Gasteiger partial charge in [-0.3, -0.25) is 24.2 Å². The van der Waals surface area contributed by atoms with E-state index in [1.165, 1.54) is 16.7 Å². The first-order valence-corrected chi connectivity index (χ1v) is 12.2. The summed E-state index contributed by atoms with van der Waals surface area (Å²) < 4.78 is 0. The molecule has 1 saturated heterocycles. The summed E-state index contributed by atoms with van der Waals surface area (Å²) in [4.78, 5) is 41.6. The largest absolute Gasteiger partial charge is 0.350 e. The molecule has 1 fully saturated rings. The minimum absolute atomic E-state index is 0.132. The van der Waals surface area contributed by atoms with E-state index < -0.39 is 4.87 Å². The molecule has 34 heavy (non-hydrogen) atoms. The fraction of sp³-hybridized carbons (Fsp3) is 0.192. The van der Waals surface area contributed by atoms with Crippen LogP contribution in [0.5, 0.6) is 0 Å². The fourth-order valence-electron chi connectivity index (χ4n) is 4.41. The van der Waals surface area contributed by atoms with Crippen LogP contribution in [0.1, 0.15) is 16.7 Å². The zero-order valence-electron chi connectivity index (χ0n) is 18.5. The number of nitrogens with one attached hydrogen (secondary N) is 1. The second-order valence-electron chi connectivity index (χ2n) is 8.31. The fourth-order valence-corrected chi connectivity index (χ4v) is 5.89. The van der Waals surface area contributed by atoms with Gasteiger partial charge in [-0.1, -0.05) is 59.6 Å². The maximum atomic E-state index is 13.9. The van der Waals surface area contributed by atoms with Crippen molar-refractivity contribution < 1.29 is 14.4 Å². The zero-order chi connectivity index (χ0) is 23.9. The quantitative estimate of drug-likeness (QED) is 0.579. The number of thioether (sulfide) groups is 1. The molecule has 1 spiro atoms. The number of hydrogen-bond acceptors (Lipinski definition) is 4. The molecule has 2 aliphatic rings.